The summed E-state index contributed by atoms with van der Waals surface area (Å²) in [5.41, 5.74) is 0.569. The molecule has 22 nitrogen and oxygen atoms in total. The summed E-state index contributed by atoms with van der Waals surface area (Å²) in [5, 5.41) is 126. The fraction of sp³-hybridized carbons (Fsp3) is 0.922. The third-order valence-electron chi connectivity index (χ3n) is 18.6. The lowest BCUT2D eigenvalue weighted by Gasteiger charge is -2.58. The topological polar surface area (TPSA) is 351 Å². The van der Waals surface area contributed by atoms with E-state index in [4.69, 9.17) is 37.9 Å². The molecule has 4 aliphatic heterocycles. The molecule has 4 saturated heterocycles. The van der Waals surface area contributed by atoms with Crippen LogP contribution in [0.5, 0.6) is 0 Å². The van der Waals surface area contributed by atoms with Gasteiger partial charge in [-0.15, -0.1) is 0 Å². The van der Waals surface area contributed by atoms with Crippen molar-refractivity contribution in [2.75, 3.05) is 19.8 Å². The minimum absolute atomic E-state index is 0.00532. The zero-order valence-electron chi connectivity index (χ0n) is 42.6. The van der Waals surface area contributed by atoms with Crippen LogP contribution >= 0.6 is 0 Å². The molecular weight excluding hydrogens is 965 g/mol. The molecule has 29 atom stereocenters. The third kappa shape index (κ3) is 10.9. The number of aliphatic hydroxyl groups excluding tert-OH is 12. The van der Waals surface area contributed by atoms with E-state index in [9.17, 15) is 70.9 Å². The Kier molecular flexibility index (Phi) is 18.0. The van der Waals surface area contributed by atoms with Gasteiger partial charge in [0, 0.05) is 24.7 Å². The second-order valence-electron chi connectivity index (χ2n) is 23.2. The van der Waals surface area contributed by atoms with Gasteiger partial charge in [0.15, 0.2) is 25.2 Å². The molecule has 22 heteroatoms. The first-order valence-electron chi connectivity index (χ1n) is 26.4. The van der Waals surface area contributed by atoms with Gasteiger partial charge in [0.05, 0.1) is 38.1 Å². The van der Waals surface area contributed by atoms with Crippen molar-refractivity contribution >= 4 is 11.6 Å². The van der Waals surface area contributed by atoms with Crippen molar-refractivity contribution in [1.29, 1.82) is 0 Å². The highest BCUT2D eigenvalue weighted by Gasteiger charge is 2.63. The van der Waals surface area contributed by atoms with E-state index >= 15 is 0 Å². The molecule has 3 saturated carbocycles. The first-order chi connectivity index (χ1) is 34.4. The van der Waals surface area contributed by atoms with E-state index in [2.05, 4.69) is 19.9 Å². The number of aliphatic hydroxyl groups is 12. The van der Waals surface area contributed by atoms with Crippen LogP contribution in [0.25, 0.3) is 0 Å². The largest absolute Gasteiger partial charge is 0.394 e. The molecule has 4 heterocycles. The molecule has 0 aromatic heterocycles. The number of allylic oxidation sites excluding steroid dienone is 1. The fourth-order valence-corrected chi connectivity index (χ4v) is 14.0. The zero-order valence-corrected chi connectivity index (χ0v) is 42.6. The first kappa shape index (κ1) is 57.5. The van der Waals surface area contributed by atoms with Gasteiger partial charge in [-0.3, -0.25) is 9.59 Å². The van der Waals surface area contributed by atoms with Crippen LogP contribution in [0, 0.1) is 46.3 Å². The summed E-state index contributed by atoms with van der Waals surface area (Å²) in [6.07, 6.45) is -22.4. The molecule has 7 fully saturated rings. The van der Waals surface area contributed by atoms with Crippen molar-refractivity contribution < 1.29 is 109 Å². The van der Waals surface area contributed by atoms with Crippen LogP contribution in [-0.4, -0.2) is 222 Å². The number of carbonyl (C=O) groups is 2. The summed E-state index contributed by atoms with van der Waals surface area (Å²) in [6, 6.07) is 0. The number of Topliss-reactive ketones (excluding diaryl/α,β-unsaturated/α-hetero) is 2. The summed E-state index contributed by atoms with van der Waals surface area (Å²) >= 11 is 0. The van der Waals surface area contributed by atoms with Crippen molar-refractivity contribution in [2.24, 2.45) is 46.3 Å². The second kappa shape index (κ2) is 22.9. The zero-order chi connectivity index (χ0) is 53.2. The predicted octanol–water partition coefficient (Wildman–Crippen LogP) is -1.93. The SMILES string of the molecule is CC(CCC(=O)C(C)C1C(=O)CC2C3CC=C4CC(OC5OC(CO)C(OC6OC(C)C(O)C(O)C6O)C(O)C5OC5OC(C)C(O)C(O)C5O)CCC4(C)C3CCC21C)COC1OC(CO)C(O)C(O)C1O. The van der Waals surface area contributed by atoms with Gasteiger partial charge in [-0.25, -0.2) is 0 Å². The van der Waals surface area contributed by atoms with Crippen LogP contribution in [0.15, 0.2) is 11.6 Å². The average Bonchev–Trinajstić information content (AvgIpc) is 3.64. The van der Waals surface area contributed by atoms with Gasteiger partial charge in [0.2, 0.25) is 0 Å². The van der Waals surface area contributed by atoms with Crippen LogP contribution in [0.2, 0.25) is 0 Å². The number of hydrogen-bond acceptors (Lipinski definition) is 22. The maximum absolute atomic E-state index is 14.1. The summed E-state index contributed by atoms with van der Waals surface area (Å²) in [7, 11) is 0. The number of hydrogen-bond donors (Lipinski definition) is 12. The Balaban J connectivity index is 0.916. The molecule has 418 valence electrons. The van der Waals surface area contributed by atoms with Gasteiger partial charge in [-0.1, -0.05) is 39.3 Å². The molecule has 0 aromatic carbocycles. The van der Waals surface area contributed by atoms with Crippen LogP contribution < -0.4 is 0 Å². The summed E-state index contributed by atoms with van der Waals surface area (Å²) in [6.45, 7) is 9.94. The summed E-state index contributed by atoms with van der Waals surface area (Å²) in [4.78, 5) is 28.0. The van der Waals surface area contributed by atoms with Crippen molar-refractivity contribution in [3.05, 3.63) is 11.6 Å². The molecular formula is C51H82O22. The summed E-state index contributed by atoms with van der Waals surface area (Å²) in [5.74, 6) is -0.436. The lowest BCUT2D eigenvalue weighted by atomic mass is 9.47. The number of ketones is 2. The Morgan fingerprint density at radius 3 is 1.85 bits per heavy atom. The Bertz CT molecular complexity index is 1930. The van der Waals surface area contributed by atoms with Gasteiger partial charge < -0.3 is 99.2 Å². The Morgan fingerprint density at radius 2 is 1.23 bits per heavy atom. The number of rotatable bonds is 16. The monoisotopic (exact) mass is 1050 g/mol. The lowest BCUT2D eigenvalue weighted by molar-refractivity contribution is -0.388. The summed E-state index contributed by atoms with van der Waals surface area (Å²) < 4.78 is 47.6. The Morgan fingerprint density at radius 1 is 0.658 bits per heavy atom. The van der Waals surface area contributed by atoms with E-state index in [1.165, 1.54) is 19.4 Å². The minimum atomic E-state index is -1.77. The highest BCUT2D eigenvalue weighted by atomic mass is 16.8. The third-order valence-corrected chi connectivity index (χ3v) is 18.6. The maximum Gasteiger partial charge on any atom is 0.187 e. The number of ether oxygens (including phenoxy) is 8. The number of fused-ring (bicyclic) bond motifs is 5. The molecule has 0 radical (unpaired) electrons. The molecule has 73 heavy (non-hydrogen) atoms. The second-order valence-corrected chi connectivity index (χ2v) is 23.2. The van der Waals surface area contributed by atoms with E-state index in [-0.39, 0.29) is 59.1 Å². The average molecular weight is 1050 g/mol. The fourth-order valence-electron chi connectivity index (χ4n) is 14.0. The molecule has 12 N–H and O–H groups in total. The Labute approximate surface area is 425 Å². The highest BCUT2D eigenvalue weighted by molar-refractivity contribution is 5.92. The van der Waals surface area contributed by atoms with Crippen LogP contribution in [0.3, 0.4) is 0 Å². The smallest absolute Gasteiger partial charge is 0.187 e. The van der Waals surface area contributed by atoms with Crippen molar-refractivity contribution in [1.82, 2.24) is 0 Å². The van der Waals surface area contributed by atoms with E-state index in [1.54, 1.807) is 0 Å². The maximum atomic E-state index is 14.1. The van der Waals surface area contributed by atoms with E-state index in [1.807, 2.05) is 13.8 Å². The molecule has 8 aliphatic rings. The minimum Gasteiger partial charge on any atom is -0.394 e. The standard InChI is InChI=1S/C51H82O22/c1-20(19-66-46-40(62)39(61)36(58)31(17-52)70-46)7-10-29(54)21(2)33-30(55)16-28-26-9-8-24-15-25(11-13-50(24,5)27(26)12-14-51(28,33)6)69-49-45(73-48-42(64)38(60)35(57)23(4)68-48)43(65)44(32(18-53)71-49)72-47-41(63)37(59)34(56)22(3)67-47/h8,20-23,25-28,31-49,52-53,56-65H,7,9-19H2,1-6H3. The van der Waals surface area contributed by atoms with Crippen molar-refractivity contribution in [3.63, 3.8) is 0 Å². The molecule has 0 aromatic rings. The van der Waals surface area contributed by atoms with Gasteiger partial charge in [0.1, 0.15) is 97.0 Å². The van der Waals surface area contributed by atoms with E-state index in [0.29, 0.717) is 32.1 Å². The molecule has 0 amide bonds. The van der Waals surface area contributed by atoms with Gasteiger partial charge in [-0.05, 0) is 93.3 Å². The molecule has 0 bridgehead atoms. The normalized spacial score (nSPS) is 51.1. The van der Waals surface area contributed by atoms with Crippen LogP contribution in [-0.2, 0) is 47.5 Å². The lowest BCUT2D eigenvalue weighted by Crippen LogP contribution is -2.66. The first-order valence-corrected chi connectivity index (χ1v) is 26.4. The van der Waals surface area contributed by atoms with Crippen molar-refractivity contribution in [3.8, 4) is 0 Å². The van der Waals surface area contributed by atoms with E-state index in [0.717, 1.165) is 19.3 Å². The van der Waals surface area contributed by atoms with E-state index < -0.39 is 154 Å². The van der Waals surface area contributed by atoms with Crippen molar-refractivity contribution in [2.45, 2.75) is 228 Å². The highest BCUT2D eigenvalue weighted by Crippen LogP contribution is 2.66. The van der Waals surface area contributed by atoms with Crippen LogP contribution in [0.1, 0.15) is 99.3 Å². The molecule has 0 spiro atoms. The van der Waals surface area contributed by atoms with Gasteiger partial charge in [-0.2, -0.15) is 0 Å². The van der Waals surface area contributed by atoms with Gasteiger partial charge >= 0.3 is 0 Å². The number of carbonyl (C=O) groups excluding carboxylic acids is 2. The molecule has 8 rings (SSSR count). The Hall–Kier alpha value is -1.72. The molecule has 4 aliphatic carbocycles. The van der Waals surface area contributed by atoms with Crippen LogP contribution in [0.4, 0.5) is 0 Å². The molecule has 29 unspecified atom stereocenters. The van der Waals surface area contributed by atoms with Gasteiger partial charge in [0.25, 0.3) is 0 Å². The quantitative estimate of drug-likeness (QED) is 0.0749. The predicted molar refractivity (Wildman–Crippen MR) is 249 cm³/mol.